The van der Waals surface area contributed by atoms with Gasteiger partial charge >= 0.3 is 6.18 Å². The minimum absolute atomic E-state index is 0. The first-order valence-corrected chi connectivity index (χ1v) is 7.55. The van der Waals surface area contributed by atoms with E-state index in [4.69, 9.17) is 0 Å². The van der Waals surface area contributed by atoms with Crippen LogP contribution in [-0.2, 0) is 16.0 Å². The molecule has 1 N–H and O–H groups in total. The summed E-state index contributed by atoms with van der Waals surface area (Å²) in [6.07, 6.45) is -3.98. The minimum atomic E-state index is -4.66. The van der Waals surface area contributed by atoms with Crippen molar-refractivity contribution in [2.75, 3.05) is 18.8 Å². The highest BCUT2D eigenvalue weighted by molar-refractivity contribution is 7.91. The largest absolute Gasteiger partial charge is 0.417 e. The van der Waals surface area contributed by atoms with E-state index in [0.717, 1.165) is 12.1 Å². The van der Waals surface area contributed by atoms with Crippen molar-refractivity contribution in [1.29, 1.82) is 0 Å². The molecule has 1 aliphatic heterocycles. The number of benzene rings is 1. The fraction of sp³-hybridized carbons (Fsp3) is 0.500. The summed E-state index contributed by atoms with van der Waals surface area (Å²) < 4.78 is 62.7. The van der Waals surface area contributed by atoms with Crippen molar-refractivity contribution in [3.05, 3.63) is 29.8 Å². The molecule has 1 saturated heterocycles. The molecular formula is C12H15ClF3NO2S. The molecule has 0 bridgehead atoms. The Kier molecular flexibility index (Phi) is 5.46. The average Bonchev–Trinajstić information content (AvgIpc) is 2.80. The van der Waals surface area contributed by atoms with Crippen molar-refractivity contribution < 1.29 is 21.6 Å². The Balaban J connectivity index is 0.00000200. The molecule has 1 aliphatic rings. The van der Waals surface area contributed by atoms with Crippen LogP contribution in [0.2, 0.25) is 0 Å². The van der Waals surface area contributed by atoms with E-state index in [1.54, 1.807) is 0 Å². The minimum Gasteiger partial charge on any atom is -0.316 e. The quantitative estimate of drug-likeness (QED) is 0.927. The zero-order valence-corrected chi connectivity index (χ0v) is 12.1. The molecule has 8 heteroatoms. The molecule has 0 aliphatic carbocycles. The number of hydrogen-bond donors (Lipinski definition) is 1. The molecule has 2 rings (SSSR count). The highest BCUT2D eigenvalue weighted by Gasteiger charge is 2.37. The predicted molar refractivity (Wildman–Crippen MR) is 71.7 cm³/mol. The molecule has 1 aromatic carbocycles. The van der Waals surface area contributed by atoms with E-state index < -0.39 is 26.5 Å². The van der Waals surface area contributed by atoms with Crippen LogP contribution in [-0.4, -0.2) is 27.3 Å². The molecular weight excluding hydrogens is 315 g/mol. The molecule has 0 amide bonds. The lowest BCUT2D eigenvalue weighted by molar-refractivity contribution is -0.139. The molecule has 1 heterocycles. The SMILES string of the molecule is Cl.O=S(=O)(CC1CCNC1)c1ccccc1C(F)(F)F. The Labute approximate surface area is 121 Å². The van der Waals surface area contributed by atoms with E-state index in [2.05, 4.69) is 5.32 Å². The van der Waals surface area contributed by atoms with E-state index in [1.165, 1.54) is 12.1 Å². The topological polar surface area (TPSA) is 46.2 Å². The molecule has 1 atom stereocenters. The molecule has 0 spiro atoms. The van der Waals surface area contributed by atoms with Gasteiger partial charge in [-0.1, -0.05) is 12.1 Å². The van der Waals surface area contributed by atoms with E-state index in [9.17, 15) is 21.6 Å². The maximum absolute atomic E-state index is 12.8. The summed E-state index contributed by atoms with van der Waals surface area (Å²) in [5.74, 6) is -0.362. The number of sulfone groups is 1. The highest BCUT2D eigenvalue weighted by Crippen LogP contribution is 2.34. The second kappa shape index (κ2) is 6.32. The molecule has 114 valence electrons. The number of alkyl halides is 3. The van der Waals surface area contributed by atoms with Crippen molar-refractivity contribution in [1.82, 2.24) is 5.32 Å². The maximum Gasteiger partial charge on any atom is 0.417 e. The van der Waals surface area contributed by atoms with Gasteiger partial charge in [0.05, 0.1) is 16.2 Å². The van der Waals surface area contributed by atoms with Crippen LogP contribution in [0.15, 0.2) is 29.2 Å². The molecule has 0 radical (unpaired) electrons. The Morgan fingerprint density at radius 3 is 2.45 bits per heavy atom. The standard InChI is InChI=1S/C12H14F3NO2S.ClH/c13-12(14,15)10-3-1-2-4-11(10)19(17,18)8-9-5-6-16-7-9;/h1-4,9,16H,5-8H2;1H. The summed E-state index contributed by atoms with van der Waals surface area (Å²) in [4.78, 5) is -0.616. The molecule has 0 aromatic heterocycles. The van der Waals surface area contributed by atoms with E-state index in [-0.39, 0.29) is 24.1 Å². The molecule has 1 fully saturated rings. The molecule has 1 aromatic rings. The molecule has 1 unspecified atom stereocenters. The van der Waals surface area contributed by atoms with Gasteiger partial charge in [0.15, 0.2) is 9.84 Å². The van der Waals surface area contributed by atoms with Crippen molar-refractivity contribution in [3.8, 4) is 0 Å². The molecule has 3 nitrogen and oxygen atoms in total. The van der Waals surface area contributed by atoms with E-state index in [1.807, 2.05) is 0 Å². The van der Waals surface area contributed by atoms with Gasteiger partial charge in [0.25, 0.3) is 0 Å². The summed E-state index contributed by atoms with van der Waals surface area (Å²) in [6.45, 7) is 1.24. The van der Waals surface area contributed by atoms with E-state index >= 15 is 0 Å². The van der Waals surface area contributed by atoms with Crippen molar-refractivity contribution in [3.63, 3.8) is 0 Å². The van der Waals surface area contributed by atoms with Gasteiger partial charge < -0.3 is 5.32 Å². The number of halogens is 4. The van der Waals surface area contributed by atoms with Crippen molar-refractivity contribution in [2.24, 2.45) is 5.92 Å². The molecule has 20 heavy (non-hydrogen) atoms. The van der Waals surface area contributed by atoms with Crippen LogP contribution in [0.4, 0.5) is 13.2 Å². The maximum atomic E-state index is 12.8. The lowest BCUT2D eigenvalue weighted by Gasteiger charge is -2.15. The zero-order valence-electron chi connectivity index (χ0n) is 10.5. The van der Waals surface area contributed by atoms with Crippen LogP contribution in [0.25, 0.3) is 0 Å². The Morgan fingerprint density at radius 1 is 1.25 bits per heavy atom. The summed E-state index contributed by atoms with van der Waals surface area (Å²) in [6, 6.07) is 4.34. The average molecular weight is 330 g/mol. The van der Waals surface area contributed by atoms with E-state index in [0.29, 0.717) is 19.5 Å². The summed E-state index contributed by atoms with van der Waals surface area (Å²) >= 11 is 0. The van der Waals surface area contributed by atoms with Crippen LogP contribution in [0.1, 0.15) is 12.0 Å². The van der Waals surface area contributed by atoms with Gasteiger partial charge in [-0.3, -0.25) is 0 Å². The fourth-order valence-electron chi connectivity index (χ4n) is 2.23. The Bertz CT molecular complexity index is 554. The smallest absolute Gasteiger partial charge is 0.316 e. The first-order chi connectivity index (χ1) is 8.81. The Hall–Kier alpha value is -0.790. The van der Waals surface area contributed by atoms with Gasteiger partial charge in [-0.2, -0.15) is 13.2 Å². The predicted octanol–water partition coefficient (Wildman–Crippen LogP) is 2.51. The van der Waals surface area contributed by atoms with Gasteiger partial charge in [0, 0.05) is 0 Å². The fourth-order valence-corrected chi connectivity index (χ4v) is 4.12. The lowest BCUT2D eigenvalue weighted by Crippen LogP contribution is -2.21. The number of rotatable bonds is 3. The van der Waals surface area contributed by atoms with Crippen LogP contribution in [0, 0.1) is 5.92 Å². The molecule has 0 saturated carbocycles. The first kappa shape index (κ1) is 17.3. The van der Waals surface area contributed by atoms with Crippen molar-refractivity contribution >= 4 is 22.2 Å². The Morgan fingerprint density at radius 2 is 1.90 bits per heavy atom. The normalized spacial score (nSPS) is 19.6. The van der Waals surface area contributed by atoms with Crippen LogP contribution >= 0.6 is 12.4 Å². The number of hydrogen-bond acceptors (Lipinski definition) is 3. The first-order valence-electron chi connectivity index (χ1n) is 5.90. The van der Waals surface area contributed by atoms with Crippen molar-refractivity contribution in [2.45, 2.75) is 17.5 Å². The lowest BCUT2D eigenvalue weighted by atomic mass is 10.2. The third-order valence-electron chi connectivity index (χ3n) is 3.15. The van der Waals surface area contributed by atoms with Gasteiger partial charge in [0.2, 0.25) is 0 Å². The van der Waals surface area contributed by atoms with Gasteiger partial charge in [-0.15, -0.1) is 12.4 Å². The monoisotopic (exact) mass is 329 g/mol. The van der Waals surface area contributed by atoms with Gasteiger partial charge in [0.1, 0.15) is 0 Å². The second-order valence-corrected chi connectivity index (χ2v) is 6.64. The summed E-state index contributed by atoms with van der Waals surface area (Å²) in [7, 11) is -3.92. The third kappa shape index (κ3) is 3.86. The van der Waals surface area contributed by atoms with Crippen LogP contribution in [0.5, 0.6) is 0 Å². The number of nitrogens with one attached hydrogen (secondary N) is 1. The summed E-state index contributed by atoms with van der Waals surface area (Å²) in [5.41, 5.74) is -1.08. The second-order valence-electron chi connectivity index (χ2n) is 4.63. The van der Waals surface area contributed by atoms with Gasteiger partial charge in [-0.25, -0.2) is 8.42 Å². The van der Waals surface area contributed by atoms with Crippen LogP contribution < -0.4 is 5.32 Å². The third-order valence-corrected chi connectivity index (χ3v) is 5.08. The summed E-state index contributed by atoms with van der Waals surface area (Å²) in [5, 5.41) is 3.00. The van der Waals surface area contributed by atoms with Gasteiger partial charge in [-0.05, 0) is 37.6 Å². The highest BCUT2D eigenvalue weighted by atomic mass is 35.5. The zero-order chi connectivity index (χ0) is 14.1. The van der Waals surface area contributed by atoms with Crippen LogP contribution in [0.3, 0.4) is 0 Å².